The summed E-state index contributed by atoms with van der Waals surface area (Å²) in [7, 11) is 0. The molecule has 150 valence electrons. The number of halogens is 1. The minimum absolute atomic E-state index is 0.00489. The van der Waals surface area contributed by atoms with Crippen LogP contribution in [0, 0.1) is 0 Å². The van der Waals surface area contributed by atoms with E-state index in [4.69, 9.17) is 21.1 Å². The van der Waals surface area contributed by atoms with Gasteiger partial charge in [0, 0.05) is 23.3 Å². The summed E-state index contributed by atoms with van der Waals surface area (Å²) >= 11 is 6.41. The highest BCUT2D eigenvalue weighted by Crippen LogP contribution is 2.32. The van der Waals surface area contributed by atoms with E-state index >= 15 is 0 Å². The van der Waals surface area contributed by atoms with Crippen LogP contribution in [0.25, 0.3) is 0 Å². The van der Waals surface area contributed by atoms with Crippen LogP contribution in [0.3, 0.4) is 0 Å². The highest BCUT2D eigenvalue weighted by atomic mass is 35.5. The molecule has 1 aliphatic heterocycles. The van der Waals surface area contributed by atoms with Gasteiger partial charge in [-0.1, -0.05) is 43.6 Å². The van der Waals surface area contributed by atoms with Crippen LogP contribution in [0.1, 0.15) is 25.5 Å². The van der Waals surface area contributed by atoms with E-state index in [1.165, 1.54) is 0 Å². The highest BCUT2D eigenvalue weighted by molar-refractivity contribution is 6.31. The van der Waals surface area contributed by atoms with Crippen molar-refractivity contribution in [1.82, 2.24) is 10.2 Å². The second kappa shape index (κ2) is 9.66. The van der Waals surface area contributed by atoms with Gasteiger partial charge in [0.2, 0.25) is 0 Å². The SMILES string of the molecule is CCN(CC)C(CNC(=O)Nc1ccc2c(c1)OCCO2)c1ccccc1Cl. The molecule has 0 bridgehead atoms. The Morgan fingerprint density at radius 1 is 1.11 bits per heavy atom. The molecule has 1 atom stereocenters. The lowest BCUT2D eigenvalue weighted by molar-refractivity contribution is 0.171. The monoisotopic (exact) mass is 403 g/mol. The van der Waals surface area contributed by atoms with Gasteiger partial charge in [-0.2, -0.15) is 0 Å². The number of anilines is 1. The minimum Gasteiger partial charge on any atom is -0.486 e. The molecule has 0 aromatic heterocycles. The Morgan fingerprint density at radius 3 is 2.54 bits per heavy atom. The average Bonchev–Trinajstić information content (AvgIpc) is 2.72. The van der Waals surface area contributed by atoms with Gasteiger partial charge in [0.15, 0.2) is 11.5 Å². The Morgan fingerprint density at radius 2 is 1.82 bits per heavy atom. The smallest absolute Gasteiger partial charge is 0.319 e. The molecule has 7 heteroatoms. The van der Waals surface area contributed by atoms with Crippen LogP contribution in [0.5, 0.6) is 11.5 Å². The molecule has 0 saturated heterocycles. The third-order valence-corrected chi connectivity index (χ3v) is 5.12. The molecular weight excluding hydrogens is 378 g/mol. The van der Waals surface area contributed by atoms with Gasteiger partial charge in [0.1, 0.15) is 13.2 Å². The zero-order chi connectivity index (χ0) is 19.9. The first-order valence-corrected chi connectivity index (χ1v) is 9.93. The van der Waals surface area contributed by atoms with E-state index in [0.29, 0.717) is 42.0 Å². The van der Waals surface area contributed by atoms with Gasteiger partial charge >= 0.3 is 6.03 Å². The second-order valence-electron chi connectivity index (χ2n) is 6.45. The molecule has 28 heavy (non-hydrogen) atoms. The minimum atomic E-state index is -0.277. The number of carbonyl (C=O) groups excluding carboxylic acids is 1. The molecule has 2 N–H and O–H groups in total. The first-order valence-electron chi connectivity index (χ1n) is 9.55. The Balaban J connectivity index is 1.66. The van der Waals surface area contributed by atoms with Crippen LogP contribution in [-0.4, -0.2) is 43.8 Å². The van der Waals surface area contributed by atoms with Crippen molar-refractivity contribution in [2.75, 3.05) is 38.2 Å². The van der Waals surface area contributed by atoms with Gasteiger partial charge in [0.25, 0.3) is 0 Å². The standard InChI is InChI=1S/C21H26ClN3O3/c1-3-25(4-2)18(16-7-5-6-8-17(16)22)14-23-21(26)24-15-9-10-19-20(13-15)28-12-11-27-19/h5-10,13,18H,3-4,11-12,14H2,1-2H3,(H2,23,24,26). The molecule has 0 aliphatic carbocycles. The summed E-state index contributed by atoms with van der Waals surface area (Å²) < 4.78 is 11.1. The van der Waals surface area contributed by atoms with Crippen molar-refractivity contribution in [2.45, 2.75) is 19.9 Å². The quantitative estimate of drug-likeness (QED) is 0.722. The molecule has 2 aromatic rings. The Kier molecular flexibility index (Phi) is 7.01. The van der Waals surface area contributed by atoms with Gasteiger partial charge in [-0.05, 0) is 36.9 Å². The molecule has 2 amide bonds. The molecule has 1 heterocycles. The van der Waals surface area contributed by atoms with Crippen molar-refractivity contribution in [2.24, 2.45) is 0 Å². The molecule has 3 rings (SSSR count). The third-order valence-electron chi connectivity index (χ3n) is 4.77. The highest BCUT2D eigenvalue weighted by Gasteiger charge is 2.21. The number of urea groups is 1. The van der Waals surface area contributed by atoms with Gasteiger partial charge < -0.3 is 20.1 Å². The molecule has 1 unspecified atom stereocenters. The van der Waals surface area contributed by atoms with E-state index in [0.717, 1.165) is 18.7 Å². The molecular formula is C21H26ClN3O3. The number of nitrogens with zero attached hydrogens (tertiary/aromatic N) is 1. The Bertz CT molecular complexity index is 811. The lowest BCUT2D eigenvalue weighted by Crippen LogP contribution is -2.39. The average molecular weight is 404 g/mol. The lowest BCUT2D eigenvalue weighted by atomic mass is 10.0. The van der Waals surface area contributed by atoms with Crippen LogP contribution >= 0.6 is 11.6 Å². The summed E-state index contributed by atoms with van der Waals surface area (Å²) in [5.74, 6) is 1.33. The summed E-state index contributed by atoms with van der Waals surface area (Å²) in [5.41, 5.74) is 1.66. The molecule has 6 nitrogen and oxygen atoms in total. The molecule has 0 spiro atoms. The molecule has 2 aromatic carbocycles. The number of fused-ring (bicyclic) bond motifs is 1. The maximum atomic E-state index is 12.5. The number of likely N-dealkylation sites (N-methyl/N-ethyl adjacent to an activating group) is 1. The summed E-state index contributed by atoms with van der Waals surface area (Å²) in [5, 5.41) is 6.52. The van der Waals surface area contributed by atoms with Crippen LogP contribution < -0.4 is 20.1 Å². The van der Waals surface area contributed by atoms with Gasteiger partial charge in [-0.25, -0.2) is 4.79 Å². The first kappa shape index (κ1) is 20.3. The predicted molar refractivity (Wildman–Crippen MR) is 112 cm³/mol. The fourth-order valence-corrected chi connectivity index (χ4v) is 3.59. The maximum Gasteiger partial charge on any atom is 0.319 e. The van der Waals surface area contributed by atoms with Crippen molar-refractivity contribution in [1.29, 1.82) is 0 Å². The second-order valence-corrected chi connectivity index (χ2v) is 6.86. The van der Waals surface area contributed by atoms with Crippen LogP contribution in [0.15, 0.2) is 42.5 Å². The van der Waals surface area contributed by atoms with E-state index < -0.39 is 0 Å². The number of amides is 2. The molecule has 0 radical (unpaired) electrons. The van der Waals surface area contributed by atoms with Crippen molar-refractivity contribution in [3.05, 3.63) is 53.1 Å². The number of rotatable bonds is 7. The fraction of sp³-hybridized carbons (Fsp3) is 0.381. The maximum absolute atomic E-state index is 12.5. The number of nitrogens with one attached hydrogen (secondary N) is 2. The van der Waals surface area contributed by atoms with Crippen LogP contribution in [0.2, 0.25) is 5.02 Å². The van der Waals surface area contributed by atoms with E-state index in [1.807, 2.05) is 24.3 Å². The van der Waals surface area contributed by atoms with E-state index in [9.17, 15) is 4.79 Å². The largest absolute Gasteiger partial charge is 0.486 e. The van der Waals surface area contributed by atoms with E-state index in [-0.39, 0.29) is 12.1 Å². The number of benzene rings is 2. The lowest BCUT2D eigenvalue weighted by Gasteiger charge is -2.31. The number of hydrogen-bond donors (Lipinski definition) is 2. The van der Waals surface area contributed by atoms with Crippen molar-refractivity contribution in [3.63, 3.8) is 0 Å². The van der Waals surface area contributed by atoms with E-state index in [2.05, 4.69) is 29.4 Å². The molecule has 0 fully saturated rings. The Labute approximate surface area is 170 Å². The first-order chi connectivity index (χ1) is 13.6. The topological polar surface area (TPSA) is 62.8 Å². The van der Waals surface area contributed by atoms with Gasteiger partial charge in [-0.15, -0.1) is 0 Å². The van der Waals surface area contributed by atoms with Crippen molar-refractivity contribution >= 4 is 23.3 Å². The predicted octanol–water partition coefficient (Wildman–Crippen LogP) is 4.32. The number of hydrogen-bond acceptors (Lipinski definition) is 4. The zero-order valence-electron chi connectivity index (χ0n) is 16.2. The Hall–Kier alpha value is -2.44. The molecule has 1 aliphatic rings. The van der Waals surface area contributed by atoms with Crippen LogP contribution in [-0.2, 0) is 0 Å². The van der Waals surface area contributed by atoms with Crippen molar-refractivity contribution < 1.29 is 14.3 Å². The normalized spacial score (nSPS) is 13.9. The summed E-state index contributed by atoms with van der Waals surface area (Å²) in [6.45, 7) is 7.41. The fourth-order valence-electron chi connectivity index (χ4n) is 3.33. The summed E-state index contributed by atoms with van der Waals surface area (Å²) in [4.78, 5) is 14.7. The zero-order valence-corrected chi connectivity index (χ0v) is 17.0. The number of carbonyl (C=O) groups is 1. The third kappa shape index (κ3) is 4.88. The summed E-state index contributed by atoms with van der Waals surface area (Å²) in [6, 6.07) is 12.8. The van der Waals surface area contributed by atoms with Gasteiger partial charge in [-0.3, -0.25) is 4.90 Å². The molecule has 0 saturated carbocycles. The van der Waals surface area contributed by atoms with Crippen molar-refractivity contribution in [3.8, 4) is 11.5 Å². The van der Waals surface area contributed by atoms with Crippen LogP contribution in [0.4, 0.5) is 10.5 Å². The van der Waals surface area contributed by atoms with Gasteiger partial charge in [0.05, 0.1) is 6.04 Å². The van der Waals surface area contributed by atoms with E-state index in [1.54, 1.807) is 18.2 Å². The number of ether oxygens (including phenoxy) is 2. The summed E-state index contributed by atoms with van der Waals surface area (Å²) in [6.07, 6.45) is 0.